The lowest BCUT2D eigenvalue weighted by Gasteiger charge is -2.09. The van der Waals surface area contributed by atoms with Gasteiger partial charge >= 0.3 is 5.97 Å². The second-order valence-corrected chi connectivity index (χ2v) is 5.77. The molecule has 0 spiro atoms. The van der Waals surface area contributed by atoms with Crippen molar-refractivity contribution in [3.63, 3.8) is 0 Å². The number of nitrogens with zero attached hydrogens (tertiary/aromatic N) is 1. The van der Waals surface area contributed by atoms with Gasteiger partial charge in [0.2, 0.25) is 0 Å². The Morgan fingerprint density at radius 2 is 1.88 bits per heavy atom. The molecule has 5 heteroatoms. The van der Waals surface area contributed by atoms with Crippen LogP contribution in [0.2, 0.25) is 5.02 Å². The first-order chi connectivity index (χ1) is 11.6. The number of ether oxygens (including phenoxy) is 2. The normalized spacial score (nSPS) is 10.8. The van der Waals surface area contributed by atoms with Crippen molar-refractivity contribution >= 4 is 28.5 Å². The maximum Gasteiger partial charge on any atom is 0.358 e. The predicted octanol–water partition coefficient (Wildman–Crippen LogP) is 4.59. The molecular weight excluding hydrogens is 326 g/mol. The Balaban J connectivity index is 2.09. The first-order valence-electron chi connectivity index (χ1n) is 7.74. The Labute approximate surface area is 145 Å². The van der Waals surface area contributed by atoms with Crippen molar-refractivity contribution in [3.8, 4) is 5.75 Å². The van der Waals surface area contributed by atoms with Gasteiger partial charge in [-0.25, -0.2) is 4.79 Å². The van der Waals surface area contributed by atoms with Crippen LogP contribution in [0.4, 0.5) is 0 Å². The van der Waals surface area contributed by atoms with Crippen molar-refractivity contribution < 1.29 is 14.3 Å². The van der Waals surface area contributed by atoms with Crippen LogP contribution in [-0.4, -0.2) is 17.1 Å². The van der Waals surface area contributed by atoms with Gasteiger partial charge in [0, 0.05) is 7.05 Å². The standard InChI is InChI=1S/C19H18ClNO3/c1-3-23-19(22)17-18(24-12-13-8-5-4-6-9-13)16-14(20)10-7-11-15(16)21(17)2/h4-11H,3,12H2,1-2H3. The summed E-state index contributed by atoms with van der Waals surface area (Å²) in [4.78, 5) is 12.4. The summed E-state index contributed by atoms with van der Waals surface area (Å²) in [6.45, 7) is 2.42. The molecule has 0 fully saturated rings. The van der Waals surface area contributed by atoms with Gasteiger partial charge in [-0.3, -0.25) is 0 Å². The number of aryl methyl sites for hydroxylation is 1. The largest absolute Gasteiger partial charge is 0.486 e. The molecule has 0 N–H and O–H groups in total. The molecule has 2 aromatic carbocycles. The molecule has 0 amide bonds. The average molecular weight is 344 g/mol. The predicted molar refractivity (Wildman–Crippen MR) is 94.7 cm³/mol. The highest BCUT2D eigenvalue weighted by molar-refractivity contribution is 6.36. The zero-order valence-corrected chi connectivity index (χ0v) is 14.3. The topological polar surface area (TPSA) is 40.5 Å². The van der Waals surface area contributed by atoms with Crippen molar-refractivity contribution in [3.05, 3.63) is 64.8 Å². The summed E-state index contributed by atoms with van der Waals surface area (Å²) in [5.74, 6) is 0.0377. The molecule has 3 rings (SSSR count). The lowest BCUT2D eigenvalue weighted by atomic mass is 10.2. The SMILES string of the molecule is CCOC(=O)c1c(OCc2ccccc2)c2c(Cl)cccc2n1C. The number of rotatable bonds is 5. The van der Waals surface area contributed by atoms with E-state index < -0.39 is 5.97 Å². The minimum absolute atomic E-state index is 0.298. The Hall–Kier alpha value is -2.46. The maximum atomic E-state index is 12.4. The average Bonchev–Trinajstić information content (AvgIpc) is 2.88. The molecular formula is C19H18ClNO3. The minimum atomic E-state index is -0.421. The van der Waals surface area contributed by atoms with E-state index in [1.54, 1.807) is 24.6 Å². The van der Waals surface area contributed by atoms with E-state index >= 15 is 0 Å². The van der Waals surface area contributed by atoms with Gasteiger partial charge in [0.25, 0.3) is 0 Å². The summed E-state index contributed by atoms with van der Waals surface area (Å²) < 4.78 is 13.0. The van der Waals surface area contributed by atoms with Crippen LogP contribution in [0.5, 0.6) is 5.75 Å². The fraction of sp³-hybridized carbons (Fsp3) is 0.211. The number of carbonyl (C=O) groups excluding carboxylic acids is 1. The molecule has 24 heavy (non-hydrogen) atoms. The van der Waals surface area contributed by atoms with Gasteiger partial charge < -0.3 is 14.0 Å². The van der Waals surface area contributed by atoms with Crippen LogP contribution < -0.4 is 4.74 Å². The zero-order valence-electron chi connectivity index (χ0n) is 13.6. The molecule has 1 aromatic heterocycles. The number of halogens is 1. The maximum absolute atomic E-state index is 12.4. The molecule has 0 aliphatic rings. The zero-order chi connectivity index (χ0) is 17.1. The van der Waals surface area contributed by atoms with Crippen molar-refractivity contribution in [2.45, 2.75) is 13.5 Å². The molecule has 0 aliphatic carbocycles. The van der Waals surface area contributed by atoms with Crippen LogP contribution in [0.15, 0.2) is 48.5 Å². The summed E-state index contributed by atoms with van der Waals surface area (Å²) in [6.07, 6.45) is 0. The van der Waals surface area contributed by atoms with Crippen LogP contribution in [-0.2, 0) is 18.4 Å². The number of hydrogen-bond donors (Lipinski definition) is 0. The summed E-state index contributed by atoms with van der Waals surface area (Å²) in [7, 11) is 1.81. The van der Waals surface area contributed by atoms with E-state index in [0.29, 0.717) is 29.7 Å². The number of benzene rings is 2. The molecule has 0 atom stereocenters. The third-order valence-corrected chi connectivity index (χ3v) is 4.14. The van der Waals surface area contributed by atoms with Crippen molar-refractivity contribution in [1.82, 2.24) is 4.57 Å². The first-order valence-corrected chi connectivity index (χ1v) is 8.12. The van der Waals surface area contributed by atoms with E-state index in [9.17, 15) is 4.79 Å². The van der Waals surface area contributed by atoms with Gasteiger partial charge in [-0.1, -0.05) is 48.0 Å². The molecule has 0 unspecified atom stereocenters. The molecule has 1 heterocycles. The Bertz CT molecular complexity index is 871. The summed E-state index contributed by atoms with van der Waals surface area (Å²) in [5.41, 5.74) is 2.21. The van der Waals surface area contributed by atoms with Crippen LogP contribution in [0, 0.1) is 0 Å². The Morgan fingerprint density at radius 1 is 1.12 bits per heavy atom. The molecule has 0 radical (unpaired) electrons. The number of esters is 1. The molecule has 124 valence electrons. The second kappa shape index (κ2) is 6.97. The first kappa shape index (κ1) is 16.4. The lowest BCUT2D eigenvalue weighted by molar-refractivity contribution is 0.0510. The van der Waals surface area contributed by atoms with Gasteiger partial charge in [-0.05, 0) is 24.6 Å². The van der Waals surface area contributed by atoms with Gasteiger partial charge in [-0.2, -0.15) is 0 Å². The van der Waals surface area contributed by atoms with Gasteiger partial charge in [0.05, 0.1) is 22.5 Å². The van der Waals surface area contributed by atoms with Crippen LogP contribution >= 0.6 is 11.6 Å². The highest BCUT2D eigenvalue weighted by Gasteiger charge is 2.25. The van der Waals surface area contributed by atoms with E-state index in [-0.39, 0.29) is 0 Å². The third kappa shape index (κ3) is 2.97. The molecule has 0 saturated heterocycles. The third-order valence-electron chi connectivity index (χ3n) is 3.83. The van der Waals surface area contributed by atoms with Crippen LogP contribution in [0.25, 0.3) is 10.9 Å². The van der Waals surface area contributed by atoms with Gasteiger partial charge in [0.15, 0.2) is 11.4 Å². The van der Waals surface area contributed by atoms with Crippen LogP contribution in [0.1, 0.15) is 23.0 Å². The van der Waals surface area contributed by atoms with E-state index in [1.807, 2.05) is 42.5 Å². The number of aromatic nitrogens is 1. The Morgan fingerprint density at radius 3 is 2.58 bits per heavy atom. The van der Waals surface area contributed by atoms with Crippen molar-refractivity contribution in [2.75, 3.05) is 6.61 Å². The number of hydrogen-bond acceptors (Lipinski definition) is 3. The Kier molecular flexibility index (Phi) is 4.76. The quantitative estimate of drug-likeness (QED) is 0.636. The number of carbonyl (C=O) groups is 1. The smallest absolute Gasteiger partial charge is 0.358 e. The van der Waals surface area contributed by atoms with Gasteiger partial charge in [0.1, 0.15) is 6.61 Å². The molecule has 0 bridgehead atoms. The van der Waals surface area contributed by atoms with Crippen LogP contribution in [0.3, 0.4) is 0 Å². The summed E-state index contributed by atoms with van der Waals surface area (Å²) in [6, 6.07) is 15.3. The number of fused-ring (bicyclic) bond motifs is 1. The molecule has 0 saturated carbocycles. The fourth-order valence-corrected chi connectivity index (χ4v) is 2.96. The van der Waals surface area contributed by atoms with E-state index in [4.69, 9.17) is 21.1 Å². The summed E-state index contributed by atoms with van der Waals surface area (Å²) in [5, 5.41) is 1.27. The van der Waals surface area contributed by atoms with Crippen molar-refractivity contribution in [2.24, 2.45) is 7.05 Å². The van der Waals surface area contributed by atoms with E-state index in [2.05, 4.69) is 0 Å². The second-order valence-electron chi connectivity index (χ2n) is 5.37. The fourth-order valence-electron chi connectivity index (χ4n) is 2.71. The molecule has 3 aromatic rings. The lowest BCUT2D eigenvalue weighted by Crippen LogP contribution is -2.11. The molecule has 4 nitrogen and oxygen atoms in total. The molecule has 0 aliphatic heterocycles. The monoisotopic (exact) mass is 343 g/mol. The van der Waals surface area contributed by atoms with E-state index in [0.717, 1.165) is 16.5 Å². The van der Waals surface area contributed by atoms with E-state index in [1.165, 1.54) is 0 Å². The van der Waals surface area contributed by atoms with Gasteiger partial charge in [-0.15, -0.1) is 0 Å². The highest BCUT2D eigenvalue weighted by Crippen LogP contribution is 2.38. The minimum Gasteiger partial charge on any atom is -0.486 e. The van der Waals surface area contributed by atoms with Crippen molar-refractivity contribution in [1.29, 1.82) is 0 Å². The summed E-state index contributed by atoms with van der Waals surface area (Å²) >= 11 is 6.37. The highest BCUT2D eigenvalue weighted by atomic mass is 35.5.